The summed E-state index contributed by atoms with van der Waals surface area (Å²) in [4.78, 5) is 21.1. The number of carboxylic acid groups (broad SMARTS) is 1. The molecule has 2 heterocycles. The van der Waals surface area contributed by atoms with Gasteiger partial charge in [0.25, 0.3) is 10.1 Å². The number of hydrogen-bond acceptors (Lipinski definition) is 7. The number of amides is 1. The van der Waals surface area contributed by atoms with Crippen molar-refractivity contribution in [1.82, 2.24) is 14.9 Å². The fourth-order valence-electron chi connectivity index (χ4n) is 2.86. The molecule has 0 aliphatic carbocycles. The van der Waals surface area contributed by atoms with Crippen LogP contribution in [0.4, 0.5) is 10.7 Å². The highest BCUT2D eigenvalue weighted by molar-refractivity contribution is 7.85. The van der Waals surface area contributed by atoms with Crippen LogP contribution in [0.15, 0.2) is 6.20 Å². The molecule has 1 saturated heterocycles. The fourth-order valence-corrected chi connectivity index (χ4v) is 3.43. The van der Waals surface area contributed by atoms with Crippen molar-refractivity contribution in [3.05, 3.63) is 16.9 Å². The van der Waals surface area contributed by atoms with Gasteiger partial charge in [0.05, 0.1) is 29.8 Å². The van der Waals surface area contributed by atoms with Gasteiger partial charge in [-0.1, -0.05) is 11.6 Å². The number of halogens is 1. The first-order valence-electron chi connectivity index (χ1n) is 8.35. The van der Waals surface area contributed by atoms with E-state index in [1.54, 1.807) is 0 Å². The Balaban J connectivity index is 1.87. The van der Waals surface area contributed by atoms with Crippen LogP contribution in [0.3, 0.4) is 0 Å². The molecule has 0 saturated carbocycles. The first-order valence-corrected chi connectivity index (χ1v) is 10.5. The zero-order chi connectivity index (χ0) is 19.2. The van der Waals surface area contributed by atoms with Crippen molar-refractivity contribution in [2.24, 2.45) is 0 Å². The Morgan fingerprint density at radius 1 is 1.50 bits per heavy atom. The van der Waals surface area contributed by atoms with Gasteiger partial charge in [-0.25, -0.2) is 14.8 Å². The van der Waals surface area contributed by atoms with Crippen molar-refractivity contribution in [3.63, 3.8) is 0 Å². The second-order valence-corrected chi connectivity index (χ2v) is 8.16. The molecule has 1 amide bonds. The van der Waals surface area contributed by atoms with Crippen LogP contribution in [-0.2, 0) is 20.7 Å². The van der Waals surface area contributed by atoms with Gasteiger partial charge in [-0.3, -0.25) is 4.18 Å². The summed E-state index contributed by atoms with van der Waals surface area (Å²) in [5.74, 6) is 0.362. The molecule has 0 bridgehead atoms. The van der Waals surface area contributed by atoms with Gasteiger partial charge in [-0.05, 0) is 25.7 Å². The van der Waals surface area contributed by atoms with Gasteiger partial charge in [0.2, 0.25) is 5.95 Å². The predicted molar refractivity (Wildman–Crippen MR) is 97.0 cm³/mol. The van der Waals surface area contributed by atoms with E-state index in [2.05, 4.69) is 15.3 Å². The molecule has 0 aromatic carbocycles. The fraction of sp³-hybridized carbons (Fsp3) is 0.667. The molecule has 1 aromatic heterocycles. The van der Waals surface area contributed by atoms with Crippen molar-refractivity contribution < 1.29 is 22.5 Å². The van der Waals surface area contributed by atoms with Gasteiger partial charge in [-0.15, -0.1) is 0 Å². The Kier molecular flexibility index (Phi) is 7.42. The predicted octanol–water partition coefficient (Wildman–Crippen LogP) is 1.98. The van der Waals surface area contributed by atoms with Crippen LogP contribution in [0.2, 0.25) is 5.02 Å². The minimum absolute atomic E-state index is 0.0105. The number of piperidine rings is 1. The third-order valence-corrected chi connectivity index (χ3v) is 5.00. The molecule has 2 N–H and O–H groups in total. The number of aromatic nitrogens is 2. The summed E-state index contributed by atoms with van der Waals surface area (Å²) >= 11 is 6.03. The van der Waals surface area contributed by atoms with Gasteiger partial charge in [-0.2, -0.15) is 8.42 Å². The average molecular weight is 407 g/mol. The Hall–Kier alpha value is -1.65. The molecule has 1 aliphatic rings. The average Bonchev–Trinajstić information content (AvgIpc) is 2.56. The van der Waals surface area contributed by atoms with Gasteiger partial charge < -0.3 is 15.3 Å². The summed E-state index contributed by atoms with van der Waals surface area (Å²) in [6.07, 6.45) is 5.20. The highest BCUT2D eigenvalue weighted by Gasteiger charge is 2.25. The molecule has 1 unspecified atom stereocenters. The maximum Gasteiger partial charge on any atom is 0.407 e. The standard InChI is InChI=1S/C15H23ClN4O5S/c1-26(23,24)25-9-6-13-12(16)10-18-14(19-13)17-7-5-11-4-2-3-8-20(11)15(21)22/h10-11H,2-9H2,1H3,(H,21,22)(H,17,18,19). The summed E-state index contributed by atoms with van der Waals surface area (Å²) in [6.45, 7) is 1.04. The largest absolute Gasteiger partial charge is 0.465 e. The second kappa shape index (κ2) is 9.33. The second-order valence-electron chi connectivity index (χ2n) is 6.11. The number of nitrogens with one attached hydrogen (secondary N) is 1. The van der Waals surface area contributed by atoms with E-state index in [4.69, 9.17) is 15.8 Å². The third kappa shape index (κ3) is 6.58. The molecule has 146 valence electrons. The number of anilines is 1. The molecule has 0 radical (unpaired) electrons. The van der Waals surface area contributed by atoms with Crippen molar-refractivity contribution in [2.45, 2.75) is 38.1 Å². The van der Waals surface area contributed by atoms with E-state index in [0.29, 0.717) is 36.2 Å². The van der Waals surface area contributed by atoms with Crippen molar-refractivity contribution >= 4 is 33.8 Å². The van der Waals surface area contributed by atoms with E-state index in [1.807, 2.05) is 0 Å². The molecule has 2 rings (SSSR count). The number of carbonyl (C=O) groups is 1. The number of hydrogen-bond donors (Lipinski definition) is 2. The lowest BCUT2D eigenvalue weighted by molar-refractivity contribution is 0.105. The Labute approximate surface area is 157 Å². The van der Waals surface area contributed by atoms with E-state index in [1.165, 1.54) is 11.1 Å². The molecular weight excluding hydrogens is 384 g/mol. The van der Waals surface area contributed by atoms with E-state index >= 15 is 0 Å². The van der Waals surface area contributed by atoms with Gasteiger partial charge >= 0.3 is 6.09 Å². The van der Waals surface area contributed by atoms with Crippen molar-refractivity contribution in [2.75, 3.05) is 31.3 Å². The van der Waals surface area contributed by atoms with E-state index < -0.39 is 16.2 Å². The lowest BCUT2D eigenvalue weighted by Gasteiger charge is -2.33. The van der Waals surface area contributed by atoms with Crippen LogP contribution in [0, 0.1) is 0 Å². The lowest BCUT2D eigenvalue weighted by Crippen LogP contribution is -2.43. The van der Waals surface area contributed by atoms with Gasteiger partial charge in [0.15, 0.2) is 0 Å². The highest BCUT2D eigenvalue weighted by atomic mass is 35.5. The quantitative estimate of drug-likeness (QED) is 0.628. The Bertz CT molecular complexity index is 731. The smallest absolute Gasteiger partial charge is 0.407 e. The first kappa shape index (κ1) is 20.7. The van der Waals surface area contributed by atoms with Crippen LogP contribution in [-0.4, -0.2) is 66.5 Å². The van der Waals surface area contributed by atoms with E-state index in [-0.39, 0.29) is 19.1 Å². The zero-order valence-corrected chi connectivity index (χ0v) is 16.1. The maximum atomic E-state index is 11.3. The van der Waals surface area contributed by atoms with Crippen LogP contribution < -0.4 is 5.32 Å². The van der Waals surface area contributed by atoms with Crippen LogP contribution in [0.1, 0.15) is 31.4 Å². The minimum Gasteiger partial charge on any atom is -0.465 e. The third-order valence-electron chi connectivity index (χ3n) is 4.09. The van der Waals surface area contributed by atoms with E-state index in [9.17, 15) is 18.3 Å². The normalized spacial score (nSPS) is 17.9. The topological polar surface area (TPSA) is 122 Å². The number of rotatable bonds is 8. The molecule has 0 spiro atoms. The van der Waals surface area contributed by atoms with Crippen LogP contribution in [0.25, 0.3) is 0 Å². The molecule has 1 atom stereocenters. The number of nitrogens with zero attached hydrogens (tertiary/aromatic N) is 3. The van der Waals surface area contributed by atoms with Gasteiger partial charge in [0.1, 0.15) is 0 Å². The van der Waals surface area contributed by atoms with Crippen molar-refractivity contribution in [1.29, 1.82) is 0 Å². The maximum absolute atomic E-state index is 11.3. The summed E-state index contributed by atoms with van der Waals surface area (Å²) < 4.78 is 26.7. The Morgan fingerprint density at radius 3 is 2.96 bits per heavy atom. The van der Waals surface area contributed by atoms with Gasteiger partial charge in [0, 0.05) is 25.6 Å². The molecule has 1 aromatic rings. The molecule has 1 fully saturated rings. The zero-order valence-electron chi connectivity index (χ0n) is 14.5. The first-order chi connectivity index (χ1) is 12.3. The van der Waals surface area contributed by atoms with Crippen LogP contribution in [0.5, 0.6) is 0 Å². The summed E-state index contributed by atoms with van der Waals surface area (Å²) in [5, 5.41) is 12.6. The van der Waals surface area contributed by atoms with Crippen LogP contribution >= 0.6 is 11.6 Å². The summed E-state index contributed by atoms with van der Waals surface area (Å²) in [7, 11) is -3.51. The summed E-state index contributed by atoms with van der Waals surface area (Å²) in [5.41, 5.74) is 0.484. The van der Waals surface area contributed by atoms with Crippen molar-refractivity contribution in [3.8, 4) is 0 Å². The molecule has 1 aliphatic heterocycles. The lowest BCUT2D eigenvalue weighted by atomic mass is 10.00. The van der Waals surface area contributed by atoms with E-state index in [0.717, 1.165) is 25.5 Å². The SMILES string of the molecule is CS(=O)(=O)OCCc1nc(NCCC2CCCCN2C(=O)O)ncc1Cl. The molecule has 26 heavy (non-hydrogen) atoms. The molecular formula is C15H23ClN4O5S. The monoisotopic (exact) mass is 406 g/mol. The molecule has 9 nitrogen and oxygen atoms in total. The molecule has 11 heteroatoms. The highest BCUT2D eigenvalue weighted by Crippen LogP contribution is 2.20. The summed E-state index contributed by atoms with van der Waals surface area (Å²) in [6, 6.07) is -0.0105. The Morgan fingerprint density at radius 2 is 2.27 bits per heavy atom. The number of likely N-dealkylation sites (tertiary alicyclic amines) is 1. The minimum atomic E-state index is -3.51.